The van der Waals surface area contributed by atoms with E-state index in [9.17, 15) is 0 Å². The van der Waals surface area contributed by atoms with E-state index < -0.39 is 0 Å². The second kappa shape index (κ2) is 7.31. The lowest BCUT2D eigenvalue weighted by atomic mass is 10.1. The molecule has 1 unspecified atom stereocenters. The lowest BCUT2D eigenvalue weighted by molar-refractivity contribution is 0.0699. The Morgan fingerprint density at radius 2 is 1.94 bits per heavy atom. The summed E-state index contributed by atoms with van der Waals surface area (Å²) < 4.78 is 5.57. The Kier molecular flexibility index (Phi) is 6.05. The van der Waals surface area contributed by atoms with Gasteiger partial charge in [0.25, 0.3) is 0 Å². The van der Waals surface area contributed by atoms with Crippen LogP contribution in [0.25, 0.3) is 0 Å². The molecule has 0 aliphatic rings. The summed E-state index contributed by atoms with van der Waals surface area (Å²) in [4.78, 5) is 9.10. The second-order valence-electron chi connectivity index (χ2n) is 4.83. The Morgan fingerprint density at radius 3 is 2.50 bits per heavy atom. The van der Waals surface area contributed by atoms with Crippen LogP contribution in [0.15, 0.2) is 6.07 Å². The molecule has 4 heteroatoms. The van der Waals surface area contributed by atoms with Crippen LogP contribution in [0.1, 0.15) is 52.2 Å². The third-order valence-electron chi connectivity index (χ3n) is 2.55. The molecule has 0 bridgehead atoms. The van der Waals surface area contributed by atoms with Crippen LogP contribution in [0.5, 0.6) is 0 Å². The van der Waals surface area contributed by atoms with Gasteiger partial charge in [0.2, 0.25) is 0 Å². The third kappa shape index (κ3) is 4.61. The zero-order valence-electron chi connectivity index (χ0n) is 12.2. The lowest BCUT2D eigenvalue weighted by Gasteiger charge is -2.14. The van der Waals surface area contributed by atoms with Gasteiger partial charge in [-0.1, -0.05) is 13.8 Å². The molecule has 4 nitrogen and oxygen atoms in total. The molecule has 1 aromatic rings. The average Bonchev–Trinajstić information content (AvgIpc) is 2.28. The summed E-state index contributed by atoms with van der Waals surface area (Å²) in [7, 11) is 0. The minimum atomic E-state index is -0.0560. The first-order valence-electron chi connectivity index (χ1n) is 6.80. The van der Waals surface area contributed by atoms with Gasteiger partial charge in [0.15, 0.2) is 5.82 Å². The van der Waals surface area contributed by atoms with Gasteiger partial charge < -0.3 is 10.1 Å². The summed E-state index contributed by atoms with van der Waals surface area (Å²) in [6.45, 7) is 12.0. The number of rotatable bonds is 7. The number of nitrogens with one attached hydrogen (secondary N) is 1. The van der Waals surface area contributed by atoms with Gasteiger partial charge >= 0.3 is 0 Å². The summed E-state index contributed by atoms with van der Waals surface area (Å²) in [6.07, 6.45) is 0.909. The van der Waals surface area contributed by atoms with Crippen molar-refractivity contribution in [3.63, 3.8) is 0 Å². The molecule has 1 atom stereocenters. The van der Waals surface area contributed by atoms with Crippen LogP contribution in [0.4, 0.5) is 5.82 Å². The summed E-state index contributed by atoms with van der Waals surface area (Å²) >= 11 is 0. The van der Waals surface area contributed by atoms with Crippen molar-refractivity contribution in [2.75, 3.05) is 18.5 Å². The molecule has 1 heterocycles. The minimum Gasteiger partial charge on any atom is -0.371 e. The number of hydrogen-bond donors (Lipinski definition) is 1. The minimum absolute atomic E-state index is 0.0560. The molecule has 0 fully saturated rings. The normalized spacial score (nSPS) is 12.8. The maximum atomic E-state index is 5.57. The van der Waals surface area contributed by atoms with E-state index >= 15 is 0 Å². The van der Waals surface area contributed by atoms with E-state index in [0.29, 0.717) is 12.5 Å². The summed E-state index contributed by atoms with van der Waals surface area (Å²) in [5.41, 5.74) is 1.08. The quantitative estimate of drug-likeness (QED) is 0.808. The molecular weight excluding hydrogens is 226 g/mol. The molecule has 0 saturated carbocycles. The highest BCUT2D eigenvalue weighted by molar-refractivity contribution is 5.36. The van der Waals surface area contributed by atoms with E-state index in [2.05, 4.69) is 36.1 Å². The zero-order chi connectivity index (χ0) is 13.5. The van der Waals surface area contributed by atoms with Crippen LogP contribution in [0, 0.1) is 5.92 Å². The first-order chi connectivity index (χ1) is 8.56. The van der Waals surface area contributed by atoms with E-state index in [-0.39, 0.29) is 6.10 Å². The molecule has 0 spiro atoms. The van der Waals surface area contributed by atoms with Crippen LogP contribution < -0.4 is 5.32 Å². The summed E-state index contributed by atoms with van der Waals surface area (Å²) in [5, 5.41) is 3.25. The fourth-order valence-corrected chi connectivity index (χ4v) is 1.82. The van der Waals surface area contributed by atoms with E-state index in [4.69, 9.17) is 4.74 Å². The van der Waals surface area contributed by atoms with Gasteiger partial charge in [-0.05, 0) is 33.1 Å². The van der Waals surface area contributed by atoms with E-state index in [1.54, 1.807) is 0 Å². The monoisotopic (exact) mass is 251 g/mol. The van der Waals surface area contributed by atoms with Crippen LogP contribution in [0.2, 0.25) is 0 Å². The van der Waals surface area contributed by atoms with Gasteiger partial charge in [0.1, 0.15) is 11.9 Å². The lowest BCUT2D eigenvalue weighted by Crippen LogP contribution is -2.11. The van der Waals surface area contributed by atoms with Crippen molar-refractivity contribution in [3.8, 4) is 0 Å². The van der Waals surface area contributed by atoms with E-state index in [1.807, 2.05) is 19.9 Å². The fourth-order valence-electron chi connectivity index (χ4n) is 1.82. The fraction of sp³-hybridized carbons (Fsp3) is 0.714. The Bertz CT molecular complexity index is 366. The number of hydrogen-bond acceptors (Lipinski definition) is 4. The smallest absolute Gasteiger partial charge is 0.159 e. The van der Waals surface area contributed by atoms with Gasteiger partial charge in [-0.15, -0.1) is 0 Å². The molecule has 0 aliphatic carbocycles. The highest BCUT2D eigenvalue weighted by Crippen LogP contribution is 2.17. The topological polar surface area (TPSA) is 47.0 Å². The summed E-state index contributed by atoms with van der Waals surface area (Å²) in [5.74, 6) is 2.25. The van der Waals surface area contributed by atoms with Gasteiger partial charge in [-0.2, -0.15) is 0 Å². The summed E-state index contributed by atoms with van der Waals surface area (Å²) in [6, 6.07) is 2.03. The van der Waals surface area contributed by atoms with Crippen molar-refractivity contribution in [1.82, 2.24) is 9.97 Å². The van der Waals surface area contributed by atoms with Crippen molar-refractivity contribution in [2.45, 2.75) is 47.1 Å². The maximum absolute atomic E-state index is 5.57. The van der Waals surface area contributed by atoms with Gasteiger partial charge in [-0.25, -0.2) is 9.97 Å². The number of ether oxygens (including phenoxy) is 1. The average molecular weight is 251 g/mol. The highest BCUT2D eigenvalue weighted by Gasteiger charge is 2.12. The van der Waals surface area contributed by atoms with Gasteiger partial charge in [0.05, 0.1) is 0 Å². The molecule has 1 rings (SSSR count). The van der Waals surface area contributed by atoms with Crippen LogP contribution in [-0.4, -0.2) is 23.1 Å². The molecule has 0 amide bonds. The zero-order valence-corrected chi connectivity index (χ0v) is 12.2. The van der Waals surface area contributed by atoms with Gasteiger partial charge in [-0.3, -0.25) is 0 Å². The largest absolute Gasteiger partial charge is 0.371 e. The Balaban J connectivity index is 2.97. The Labute approximate surface area is 110 Å². The predicted octanol–water partition coefficient (Wildman–Crippen LogP) is 3.20. The van der Waals surface area contributed by atoms with Crippen LogP contribution >= 0.6 is 0 Å². The molecular formula is C14H25N3O. The molecule has 102 valence electrons. The maximum Gasteiger partial charge on any atom is 0.159 e. The van der Waals surface area contributed by atoms with Crippen molar-refractivity contribution in [2.24, 2.45) is 5.92 Å². The van der Waals surface area contributed by atoms with Crippen molar-refractivity contribution >= 4 is 5.82 Å². The standard InChI is InChI=1S/C14H25N3O/c1-6-15-13-9-12(8-10(3)4)16-14(17-13)11(5)18-7-2/h9-11H,6-8H2,1-5H3,(H,15,16,17). The second-order valence-corrected chi connectivity index (χ2v) is 4.83. The SMILES string of the molecule is CCNc1cc(CC(C)C)nc(C(C)OCC)n1. The Hall–Kier alpha value is -1.16. The Morgan fingerprint density at radius 1 is 1.22 bits per heavy atom. The third-order valence-corrected chi connectivity index (χ3v) is 2.55. The van der Waals surface area contributed by atoms with Crippen molar-refractivity contribution in [3.05, 3.63) is 17.6 Å². The van der Waals surface area contributed by atoms with Crippen LogP contribution in [0.3, 0.4) is 0 Å². The molecule has 1 N–H and O–H groups in total. The molecule has 0 aliphatic heterocycles. The molecule has 0 radical (unpaired) electrons. The first kappa shape index (κ1) is 14.9. The van der Waals surface area contributed by atoms with E-state index in [1.165, 1.54) is 0 Å². The molecule has 18 heavy (non-hydrogen) atoms. The van der Waals surface area contributed by atoms with Gasteiger partial charge in [0, 0.05) is 24.9 Å². The van der Waals surface area contributed by atoms with Crippen molar-refractivity contribution in [1.29, 1.82) is 0 Å². The number of aromatic nitrogens is 2. The molecule has 0 saturated heterocycles. The number of nitrogens with zero attached hydrogens (tertiary/aromatic N) is 2. The van der Waals surface area contributed by atoms with E-state index in [0.717, 1.165) is 30.3 Å². The predicted molar refractivity (Wildman–Crippen MR) is 74.8 cm³/mol. The first-order valence-corrected chi connectivity index (χ1v) is 6.80. The number of anilines is 1. The van der Waals surface area contributed by atoms with Crippen molar-refractivity contribution < 1.29 is 4.74 Å². The molecule has 0 aromatic carbocycles. The highest BCUT2D eigenvalue weighted by atomic mass is 16.5. The molecule has 1 aromatic heterocycles. The van der Waals surface area contributed by atoms with Crippen LogP contribution in [-0.2, 0) is 11.2 Å².